The highest BCUT2D eigenvalue weighted by Crippen LogP contribution is 2.37. The van der Waals surface area contributed by atoms with Gasteiger partial charge in [0, 0.05) is 26.2 Å². The fraction of sp³-hybridized carbons (Fsp3) is 0.321. The van der Waals surface area contributed by atoms with Gasteiger partial charge in [-0.15, -0.1) is 0 Å². The summed E-state index contributed by atoms with van der Waals surface area (Å²) >= 11 is 0. The predicted octanol–water partition coefficient (Wildman–Crippen LogP) is 3.10. The molecule has 8 nitrogen and oxygen atoms in total. The van der Waals surface area contributed by atoms with Crippen LogP contribution in [-0.2, 0) is 32.6 Å². The zero-order valence-electron chi connectivity index (χ0n) is 20.8. The van der Waals surface area contributed by atoms with Gasteiger partial charge in [0.15, 0.2) is 6.10 Å². The van der Waals surface area contributed by atoms with Crippen LogP contribution in [0.15, 0.2) is 77.7 Å². The van der Waals surface area contributed by atoms with Crippen LogP contribution in [0.3, 0.4) is 0 Å². The number of hydrogen-bond acceptors (Lipinski definition) is 6. The van der Waals surface area contributed by atoms with Crippen LogP contribution in [0.2, 0.25) is 0 Å². The third kappa shape index (κ3) is 5.79. The van der Waals surface area contributed by atoms with Crippen LogP contribution in [0.4, 0.5) is 5.69 Å². The number of nitrogens with zero attached hydrogens (tertiary/aromatic N) is 2. The molecular formula is C28H31N3O5S. The van der Waals surface area contributed by atoms with E-state index in [4.69, 9.17) is 9.47 Å². The summed E-state index contributed by atoms with van der Waals surface area (Å²) in [6, 6.07) is 21.7. The summed E-state index contributed by atoms with van der Waals surface area (Å²) < 4.78 is 39.7. The molecule has 0 spiro atoms. The Labute approximate surface area is 217 Å². The second kappa shape index (κ2) is 10.9. The van der Waals surface area contributed by atoms with Gasteiger partial charge in [-0.2, -0.15) is 0 Å². The Morgan fingerprint density at radius 1 is 0.973 bits per heavy atom. The normalized spacial score (nSPS) is 18.1. The highest BCUT2D eigenvalue weighted by molar-refractivity contribution is 7.92. The summed E-state index contributed by atoms with van der Waals surface area (Å²) in [5, 5.41) is 2.91. The summed E-state index contributed by atoms with van der Waals surface area (Å²) in [6.07, 6.45) is -0.978. The molecule has 0 aromatic heterocycles. The fourth-order valence-corrected chi connectivity index (χ4v) is 6.02. The van der Waals surface area contributed by atoms with Crippen molar-refractivity contribution < 1.29 is 22.7 Å². The summed E-state index contributed by atoms with van der Waals surface area (Å²) in [5.41, 5.74) is 3.50. The zero-order chi connectivity index (χ0) is 25.8. The number of aryl methyl sites for hydroxylation is 1. The molecule has 2 heterocycles. The molecule has 3 aromatic rings. The minimum Gasteiger partial charge on any atom is -0.476 e. The number of carbonyl (C=O) groups is 1. The maximum Gasteiger partial charge on any atom is 0.264 e. The van der Waals surface area contributed by atoms with E-state index in [1.54, 1.807) is 42.5 Å². The Morgan fingerprint density at radius 3 is 2.41 bits per heavy atom. The van der Waals surface area contributed by atoms with Gasteiger partial charge in [-0.25, -0.2) is 8.42 Å². The van der Waals surface area contributed by atoms with Crippen molar-refractivity contribution in [2.75, 3.05) is 37.2 Å². The monoisotopic (exact) mass is 521 g/mol. The van der Waals surface area contributed by atoms with E-state index in [0.29, 0.717) is 18.0 Å². The number of anilines is 1. The van der Waals surface area contributed by atoms with Crippen LogP contribution in [0.1, 0.15) is 16.7 Å². The number of rotatable bonds is 7. The largest absolute Gasteiger partial charge is 0.476 e. The molecule has 194 valence electrons. The van der Waals surface area contributed by atoms with E-state index in [9.17, 15) is 13.2 Å². The van der Waals surface area contributed by atoms with E-state index in [1.165, 1.54) is 9.87 Å². The standard InChI is InChI=1S/C28H31N3O5S/c1-21-7-12-26-25(17-21)31(37(33,34)24-5-3-2-4-6-24)20-27(36-26)28(32)29-18-22-8-10-23(11-9-22)19-30-13-15-35-16-14-30/h2-12,17,27H,13-16,18-20H2,1H3,(H,29,32)/t27-/m1/s1. The molecule has 1 N–H and O–H groups in total. The maximum atomic E-state index is 13.5. The average molecular weight is 522 g/mol. The van der Waals surface area contributed by atoms with Gasteiger partial charge in [-0.3, -0.25) is 14.0 Å². The number of morpholine rings is 1. The van der Waals surface area contributed by atoms with Crippen molar-refractivity contribution in [3.63, 3.8) is 0 Å². The molecule has 0 saturated carbocycles. The number of hydrogen-bond donors (Lipinski definition) is 1. The van der Waals surface area contributed by atoms with Crippen LogP contribution in [-0.4, -0.2) is 58.2 Å². The molecule has 9 heteroatoms. The van der Waals surface area contributed by atoms with Gasteiger partial charge in [0.05, 0.1) is 30.3 Å². The molecule has 2 aliphatic heterocycles. The number of fused-ring (bicyclic) bond motifs is 1. The summed E-state index contributed by atoms with van der Waals surface area (Å²) in [6.45, 7) is 6.36. The van der Waals surface area contributed by atoms with Crippen LogP contribution in [0.5, 0.6) is 5.75 Å². The topological polar surface area (TPSA) is 88.2 Å². The van der Waals surface area contributed by atoms with E-state index >= 15 is 0 Å². The van der Waals surface area contributed by atoms with Crippen molar-refractivity contribution >= 4 is 21.6 Å². The first kappa shape index (κ1) is 25.3. The molecule has 0 aliphatic carbocycles. The Kier molecular flexibility index (Phi) is 7.45. The number of carbonyl (C=O) groups excluding carboxylic acids is 1. The van der Waals surface area contributed by atoms with Crippen molar-refractivity contribution in [3.05, 3.63) is 89.5 Å². The lowest BCUT2D eigenvalue weighted by Gasteiger charge is -2.35. The Morgan fingerprint density at radius 2 is 1.68 bits per heavy atom. The van der Waals surface area contributed by atoms with Gasteiger partial charge < -0.3 is 14.8 Å². The number of ether oxygens (including phenoxy) is 2. The molecule has 37 heavy (non-hydrogen) atoms. The van der Waals surface area contributed by atoms with Crippen LogP contribution < -0.4 is 14.4 Å². The van der Waals surface area contributed by atoms with Crippen molar-refractivity contribution in [1.29, 1.82) is 0 Å². The van der Waals surface area contributed by atoms with E-state index in [2.05, 4.69) is 22.3 Å². The van der Waals surface area contributed by atoms with E-state index in [-0.39, 0.29) is 17.3 Å². The molecule has 0 bridgehead atoms. The van der Waals surface area contributed by atoms with Gasteiger partial charge in [0.25, 0.3) is 15.9 Å². The highest BCUT2D eigenvalue weighted by Gasteiger charge is 2.37. The van der Waals surface area contributed by atoms with E-state index in [0.717, 1.165) is 44.0 Å². The number of sulfonamides is 1. The Hall–Kier alpha value is -3.40. The minimum atomic E-state index is -3.88. The Bertz CT molecular complexity index is 1340. The van der Waals surface area contributed by atoms with Crippen molar-refractivity contribution in [2.45, 2.75) is 31.0 Å². The number of nitrogens with one attached hydrogen (secondary N) is 1. The second-order valence-electron chi connectivity index (χ2n) is 9.35. The predicted molar refractivity (Wildman–Crippen MR) is 141 cm³/mol. The van der Waals surface area contributed by atoms with Gasteiger partial charge in [-0.05, 0) is 47.9 Å². The molecule has 1 saturated heterocycles. The summed E-state index contributed by atoms with van der Waals surface area (Å²) in [5.74, 6) is 0.000789. The molecular weight excluding hydrogens is 490 g/mol. The van der Waals surface area contributed by atoms with Crippen molar-refractivity contribution in [2.24, 2.45) is 0 Å². The fourth-order valence-electron chi connectivity index (χ4n) is 4.53. The first-order valence-electron chi connectivity index (χ1n) is 12.4. The lowest BCUT2D eigenvalue weighted by molar-refractivity contribution is -0.127. The minimum absolute atomic E-state index is 0.113. The number of amides is 1. The molecule has 1 amide bonds. The molecule has 0 radical (unpaired) electrons. The second-order valence-corrected chi connectivity index (χ2v) is 11.2. The molecule has 1 fully saturated rings. The smallest absolute Gasteiger partial charge is 0.264 e. The summed E-state index contributed by atoms with van der Waals surface area (Å²) in [7, 11) is -3.88. The molecule has 0 unspecified atom stereocenters. The quantitative estimate of drug-likeness (QED) is 0.514. The molecule has 1 atom stereocenters. The van der Waals surface area contributed by atoms with Gasteiger partial charge in [-0.1, -0.05) is 48.5 Å². The van der Waals surface area contributed by atoms with Crippen LogP contribution >= 0.6 is 0 Å². The van der Waals surface area contributed by atoms with Crippen LogP contribution in [0, 0.1) is 6.92 Å². The van der Waals surface area contributed by atoms with Crippen molar-refractivity contribution in [3.8, 4) is 5.75 Å². The highest BCUT2D eigenvalue weighted by atomic mass is 32.2. The number of benzene rings is 3. The maximum absolute atomic E-state index is 13.5. The molecule has 2 aliphatic rings. The lowest BCUT2D eigenvalue weighted by Crippen LogP contribution is -2.50. The lowest BCUT2D eigenvalue weighted by atomic mass is 10.1. The SMILES string of the molecule is Cc1ccc2c(c1)N(S(=O)(=O)c1ccccc1)C[C@H](C(=O)NCc1ccc(CN3CCOCC3)cc1)O2. The van der Waals surface area contributed by atoms with Crippen LogP contribution in [0.25, 0.3) is 0 Å². The molecule has 5 rings (SSSR count). The first-order valence-corrected chi connectivity index (χ1v) is 13.8. The van der Waals surface area contributed by atoms with Gasteiger partial charge >= 0.3 is 0 Å². The molecule has 3 aromatic carbocycles. The zero-order valence-corrected chi connectivity index (χ0v) is 21.6. The van der Waals surface area contributed by atoms with E-state index in [1.807, 2.05) is 25.1 Å². The van der Waals surface area contributed by atoms with E-state index < -0.39 is 16.1 Å². The van der Waals surface area contributed by atoms with Gasteiger partial charge in [0.2, 0.25) is 0 Å². The Balaban J connectivity index is 1.27. The van der Waals surface area contributed by atoms with Gasteiger partial charge in [0.1, 0.15) is 5.75 Å². The summed E-state index contributed by atoms with van der Waals surface area (Å²) in [4.78, 5) is 15.6. The average Bonchev–Trinajstić information content (AvgIpc) is 2.93. The third-order valence-electron chi connectivity index (χ3n) is 6.61. The third-order valence-corrected chi connectivity index (χ3v) is 8.40. The first-order chi connectivity index (χ1) is 17.9. The van der Waals surface area contributed by atoms with Crippen molar-refractivity contribution in [1.82, 2.24) is 10.2 Å².